The second kappa shape index (κ2) is 8.11. The molecule has 26 heavy (non-hydrogen) atoms. The Balaban J connectivity index is 1.92. The van der Waals surface area contributed by atoms with Gasteiger partial charge in [-0.05, 0) is 61.5 Å². The van der Waals surface area contributed by atoms with E-state index in [1.165, 1.54) is 5.56 Å². The summed E-state index contributed by atoms with van der Waals surface area (Å²) in [5.41, 5.74) is 3.81. The van der Waals surface area contributed by atoms with Crippen LogP contribution in [0.15, 0.2) is 59.4 Å². The van der Waals surface area contributed by atoms with E-state index in [-0.39, 0.29) is 17.4 Å². The van der Waals surface area contributed by atoms with Gasteiger partial charge in [-0.1, -0.05) is 36.4 Å². The van der Waals surface area contributed by atoms with Crippen LogP contribution in [-0.2, 0) is 4.79 Å². The van der Waals surface area contributed by atoms with Crippen molar-refractivity contribution in [2.24, 2.45) is 0 Å². The van der Waals surface area contributed by atoms with Crippen LogP contribution in [0.3, 0.4) is 0 Å². The second-order valence-electron chi connectivity index (χ2n) is 6.73. The number of nitrogens with one attached hydrogen (secondary N) is 2. The summed E-state index contributed by atoms with van der Waals surface area (Å²) in [6, 6.07) is 18.4. The summed E-state index contributed by atoms with van der Waals surface area (Å²) in [4.78, 5) is 25.9. The van der Waals surface area contributed by atoms with Gasteiger partial charge in [-0.2, -0.15) is 0 Å². The van der Waals surface area contributed by atoms with Crippen molar-refractivity contribution in [3.05, 3.63) is 81.6 Å². The van der Waals surface area contributed by atoms with E-state index in [0.717, 1.165) is 29.4 Å². The maximum atomic E-state index is 11.8. The lowest BCUT2D eigenvalue weighted by atomic mass is 9.96. The molecule has 0 spiro atoms. The van der Waals surface area contributed by atoms with Gasteiger partial charge in [-0.15, -0.1) is 0 Å². The zero-order chi connectivity index (χ0) is 18.5. The molecule has 0 bridgehead atoms. The van der Waals surface area contributed by atoms with Crippen molar-refractivity contribution in [2.45, 2.75) is 32.7 Å². The van der Waals surface area contributed by atoms with Gasteiger partial charge in [0.1, 0.15) is 5.78 Å². The first-order chi connectivity index (χ1) is 12.5. The molecule has 134 valence electrons. The molecule has 0 fully saturated rings. The number of aryl methyl sites for hydroxylation is 1. The Hall–Kier alpha value is -2.72. The van der Waals surface area contributed by atoms with Crippen molar-refractivity contribution < 1.29 is 4.79 Å². The fourth-order valence-corrected chi connectivity index (χ4v) is 3.17. The fourth-order valence-electron chi connectivity index (χ4n) is 3.17. The van der Waals surface area contributed by atoms with E-state index in [2.05, 4.69) is 28.5 Å². The lowest BCUT2D eigenvalue weighted by molar-refractivity contribution is -0.117. The Labute approximate surface area is 153 Å². The number of aromatic amines is 1. The molecule has 3 aromatic rings. The molecule has 0 radical (unpaired) electrons. The third-order valence-electron chi connectivity index (χ3n) is 4.57. The quantitative estimate of drug-likeness (QED) is 0.637. The van der Waals surface area contributed by atoms with Crippen molar-refractivity contribution in [3.63, 3.8) is 0 Å². The highest BCUT2D eigenvalue weighted by Gasteiger charge is 2.14. The van der Waals surface area contributed by atoms with Crippen molar-refractivity contribution in [1.82, 2.24) is 10.3 Å². The molecule has 1 aromatic heterocycles. The molecule has 0 aliphatic heterocycles. The molecule has 0 aliphatic carbocycles. The average Bonchev–Trinajstić information content (AvgIpc) is 2.63. The van der Waals surface area contributed by atoms with Crippen LogP contribution in [0.1, 0.15) is 42.5 Å². The van der Waals surface area contributed by atoms with E-state index < -0.39 is 0 Å². The number of hydrogen-bond donors (Lipinski definition) is 2. The minimum atomic E-state index is -0.0489. The van der Waals surface area contributed by atoms with Crippen LogP contribution in [0.25, 0.3) is 10.9 Å². The molecule has 2 aromatic carbocycles. The molecular weight excluding hydrogens is 324 g/mol. The van der Waals surface area contributed by atoms with Crippen molar-refractivity contribution in [1.29, 1.82) is 0 Å². The number of fused-ring (bicyclic) bond motifs is 1. The van der Waals surface area contributed by atoms with Gasteiger partial charge in [0.25, 0.3) is 5.56 Å². The van der Waals surface area contributed by atoms with E-state index in [9.17, 15) is 9.59 Å². The second-order valence-corrected chi connectivity index (χ2v) is 6.73. The van der Waals surface area contributed by atoms with Crippen LogP contribution in [0.4, 0.5) is 0 Å². The minimum Gasteiger partial charge on any atom is -0.322 e. The molecule has 1 atom stereocenters. The molecule has 0 amide bonds. The predicted molar refractivity (Wildman–Crippen MR) is 106 cm³/mol. The zero-order valence-electron chi connectivity index (χ0n) is 15.2. The number of carbonyl (C=O) groups is 1. The number of ketones is 1. The smallest absolute Gasteiger partial charge is 0.251 e. The maximum Gasteiger partial charge on any atom is 0.251 e. The topological polar surface area (TPSA) is 62.0 Å². The highest BCUT2D eigenvalue weighted by atomic mass is 16.1. The van der Waals surface area contributed by atoms with Gasteiger partial charge in [-0.25, -0.2) is 0 Å². The molecule has 4 heteroatoms. The van der Waals surface area contributed by atoms with Gasteiger partial charge < -0.3 is 15.1 Å². The van der Waals surface area contributed by atoms with Crippen LogP contribution in [-0.4, -0.2) is 17.3 Å². The van der Waals surface area contributed by atoms with Gasteiger partial charge in [0.05, 0.1) is 6.04 Å². The van der Waals surface area contributed by atoms with E-state index >= 15 is 0 Å². The first kappa shape index (κ1) is 18.1. The monoisotopic (exact) mass is 348 g/mol. The van der Waals surface area contributed by atoms with Crippen molar-refractivity contribution in [2.75, 3.05) is 6.54 Å². The van der Waals surface area contributed by atoms with Crippen molar-refractivity contribution in [3.8, 4) is 0 Å². The summed E-state index contributed by atoms with van der Waals surface area (Å²) in [7, 11) is 0. The summed E-state index contributed by atoms with van der Waals surface area (Å²) in [5, 5.41) is 4.59. The molecule has 1 heterocycles. The Morgan fingerprint density at radius 2 is 1.85 bits per heavy atom. The zero-order valence-corrected chi connectivity index (χ0v) is 15.2. The predicted octanol–water partition coefficient (Wildman–Crippen LogP) is 3.88. The van der Waals surface area contributed by atoms with Gasteiger partial charge in [0.2, 0.25) is 0 Å². The number of rotatable bonds is 7. The Kier molecular flexibility index (Phi) is 5.64. The van der Waals surface area contributed by atoms with Gasteiger partial charge in [0, 0.05) is 17.5 Å². The lowest BCUT2D eigenvalue weighted by Crippen LogP contribution is -2.24. The SMILES string of the molecule is CC(=O)CCCNC(c1ccccc1)c1ccc2[nH]c(=O)c(C)cc2c1. The summed E-state index contributed by atoms with van der Waals surface area (Å²) >= 11 is 0. The molecule has 4 nitrogen and oxygen atoms in total. The van der Waals surface area contributed by atoms with E-state index in [0.29, 0.717) is 12.0 Å². The Morgan fingerprint density at radius 1 is 1.08 bits per heavy atom. The van der Waals surface area contributed by atoms with Crippen LogP contribution >= 0.6 is 0 Å². The molecule has 3 rings (SSSR count). The van der Waals surface area contributed by atoms with E-state index in [4.69, 9.17) is 0 Å². The van der Waals surface area contributed by atoms with Gasteiger partial charge in [-0.3, -0.25) is 4.79 Å². The lowest BCUT2D eigenvalue weighted by Gasteiger charge is -2.20. The standard InChI is InChI=1S/C22H24N2O2/c1-15-13-19-14-18(10-11-20(19)24-22(15)26)21(17-8-4-3-5-9-17)23-12-6-7-16(2)25/h3-5,8-11,13-14,21,23H,6-7,12H2,1-2H3,(H,24,26). The molecule has 0 saturated heterocycles. The summed E-state index contributed by atoms with van der Waals surface area (Å²) in [6.45, 7) is 4.21. The van der Waals surface area contributed by atoms with Crippen LogP contribution in [0.2, 0.25) is 0 Å². The summed E-state index contributed by atoms with van der Waals surface area (Å²) < 4.78 is 0. The van der Waals surface area contributed by atoms with Crippen LogP contribution in [0.5, 0.6) is 0 Å². The summed E-state index contributed by atoms with van der Waals surface area (Å²) in [6.07, 6.45) is 1.41. The molecular formula is C22H24N2O2. The number of aromatic nitrogens is 1. The number of benzene rings is 2. The normalized spacial score (nSPS) is 12.2. The Bertz CT molecular complexity index is 961. The van der Waals surface area contributed by atoms with Crippen molar-refractivity contribution >= 4 is 16.7 Å². The third kappa shape index (κ3) is 4.27. The van der Waals surface area contributed by atoms with E-state index in [1.807, 2.05) is 43.3 Å². The Morgan fingerprint density at radius 3 is 2.58 bits per heavy atom. The highest BCUT2D eigenvalue weighted by molar-refractivity contribution is 5.80. The highest BCUT2D eigenvalue weighted by Crippen LogP contribution is 2.25. The fraction of sp³-hybridized carbons (Fsp3) is 0.273. The van der Waals surface area contributed by atoms with Crippen LogP contribution in [0, 0.1) is 6.92 Å². The molecule has 2 N–H and O–H groups in total. The summed E-state index contributed by atoms with van der Waals surface area (Å²) in [5.74, 6) is 0.216. The molecule has 0 aliphatic rings. The van der Waals surface area contributed by atoms with Gasteiger partial charge in [0.15, 0.2) is 0 Å². The largest absolute Gasteiger partial charge is 0.322 e. The first-order valence-electron chi connectivity index (χ1n) is 8.96. The molecule has 0 saturated carbocycles. The van der Waals surface area contributed by atoms with E-state index in [1.54, 1.807) is 6.92 Å². The van der Waals surface area contributed by atoms with Crippen LogP contribution < -0.4 is 10.9 Å². The third-order valence-corrected chi connectivity index (χ3v) is 4.57. The maximum absolute atomic E-state index is 11.8. The number of hydrogen-bond acceptors (Lipinski definition) is 3. The average molecular weight is 348 g/mol. The number of Topliss-reactive ketones (excluding diaryl/α,β-unsaturated/α-hetero) is 1. The first-order valence-corrected chi connectivity index (χ1v) is 8.96. The number of pyridine rings is 1. The van der Waals surface area contributed by atoms with Gasteiger partial charge >= 0.3 is 0 Å². The number of H-pyrrole nitrogens is 1. The number of carbonyl (C=O) groups excluding carboxylic acids is 1. The minimum absolute atomic E-state index is 0.0415. The molecule has 1 unspecified atom stereocenters.